The first-order valence-corrected chi connectivity index (χ1v) is 8.50. The van der Waals surface area contributed by atoms with Crippen LogP contribution in [0.5, 0.6) is 0 Å². The Balaban J connectivity index is 1.66. The standard InChI is InChI=1S/C19H25NO4/c1-12(2)5-4-6-13(3)8-10-20-11-19-9-7-14(24-19)15(18(22)23)16(19)17(20)21/h5,7-9,14-16H,4,6,10-11H2,1-3H3,(H,22,23)/p-1/t14-,15-,16+,19+/m0/s1. The minimum Gasteiger partial charge on any atom is -0.550 e. The molecular formula is C19H24NO4-. The first-order valence-electron chi connectivity index (χ1n) is 8.50. The fourth-order valence-electron chi connectivity index (χ4n) is 3.96. The van der Waals surface area contributed by atoms with Crippen LogP contribution in [0, 0.1) is 11.8 Å². The number of nitrogens with zero attached hydrogens (tertiary/aromatic N) is 1. The number of aliphatic carboxylic acids is 1. The van der Waals surface area contributed by atoms with Gasteiger partial charge in [-0.1, -0.05) is 35.5 Å². The van der Waals surface area contributed by atoms with E-state index >= 15 is 0 Å². The molecule has 0 saturated carbocycles. The summed E-state index contributed by atoms with van der Waals surface area (Å²) in [4.78, 5) is 25.8. The smallest absolute Gasteiger partial charge is 0.230 e. The number of carbonyl (C=O) groups excluding carboxylic acids is 2. The van der Waals surface area contributed by atoms with Crippen molar-refractivity contribution in [2.75, 3.05) is 13.1 Å². The minimum absolute atomic E-state index is 0.135. The molecule has 5 nitrogen and oxygen atoms in total. The molecule has 3 aliphatic heterocycles. The lowest BCUT2D eigenvalue weighted by atomic mass is 9.77. The molecule has 3 heterocycles. The third-order valence-corrected chi connectivity index (χ3v) is 5.20. The van der Waals surface area contributed by atoms with Crippen LogP contribution in [0.25, 0.3) is 0 Å². The van der Waals surface area contributed by atoms with E-state index in [1.165, 1.54) is 11.1 Å². The maximum absolute atomic E-state index is 12.7. The second-order valence-electron chi connectivity index (χ2n) is 7.31. The molecule has 130 valence electrons. The van der Waals surface area contributed by atoms with Gasteiger partial charge in [0.25, 0.3) is 0 Å². The molecule has 0 aromatic rings. The number of carboxylic acids is 1. The number of ether oxygens (including phenoxy) is 1. The van der Waals surface area contributed by atoms with Crippen molar-refractivity contribution in [1.82, 2.24) is 4.90 Å². The molecule has 0 aliphatic carbocycles. The highest BCUT2D eigenvalue weighted by Crippen LogP contribution is 2.51. The zero-order valence-corrected chi connectivity index (χ0v) is 14.5. The van der Waals surface area contributed by atoms with Crippen LogP contribution >= 0.6 is 0 Å². The van der Waals surface area contributed by atoms with Crippen LogP contribution in [0.3, 0.4) is 0 Å². The Morgan fingerprint density at radius 1 is 1.42 bits per heavy atom. The first kappa shape index (κ1) is 17.0. The Morgan fingerprint density at radius 2 is 2.17 bits per heavy atom. The normalized spacial score (nSPS) is 34.0. The Bertz CT molecular complexity index is 644. The van der Waals surface area contributed by atoms with Gasteiger partial charge in [0.2, 0.25) is 5.91 Å². The Morgan fingerprint density at radius 3 is 2.83 bits per heavy atom. The van der Waals surface area contributed by atoms with Gasteiger partial charge in [-0.15, -0.1) is 0 Å². The van der Waals surface area contributed by atoms with Crippen LogP contribution in [-0.2, 0) is 14.3 Å². The SMILES string of the molecule is CC(C)=CCCC(C)=CCN1C[C@@]23C=C[C@H](O2)[C@H](C(=O)[O-])[C@@H]3C1=O. The van der Waals surface area contributed by atoms with Gasteiger partial charge < -0.3 is 19.5 Å². The highest BCUT2D eigenvalue weighted by Gasteiger charge is 2.65. The number of fused-ring (bicyclic) bond motifs is 1. The molecule has 0 aromatic carbocycles. The molecule has 0 N–H and O–H groups in total. The summed E-state index contributed by atoms with van der Waals surface area (Å²) in [6.45, 7) is 7.14. The molecular weight excluding hydrogens is 306 g/mol. The van der Waals surface area contributed by atoms with E-state index < -0.39 is 29.5 Å². The van der Waals surface area contributed by atoms with E-state index in [1.54, 1.807) is 11.0 Å². The quantitative estimate of drug-likeness (QED) is 0.687. The molecule has 2 saturated heterocycles. The van der Waals surface area contributed by atoms with Crippen molar-refractivity contribution in [1.29, 1.82) is 0 Å². The molecule has 0 radical (unpaired) electrons. The number of rotatable bonds is 6. The average Bonchev–Trinajstić information content (AvgIpc) is 3.13. The van der Waals surface area contributed by atoms with Crippen LogP contribution in [0.4, 0.5) is 0 Å². The van der Waals surface area contributed by atoms with Gasteiger partial charge in [-0.05, 0) is 33.6 Å². The summed E-state index contributed by atoms with van der Waals surface area (Å²) in [5.74, 6) is -2.84. The Kier molecular flexibility index (Phi) is 4.38. The zero-order chi connectivity index (χ0) is 17.5. The van der Waals surface area contributed by atoms with Crippen LogP contribution in [0.2, 0.25) is 0 Å². The summed E-state index contributed by atoms with van der Waals surface area (Å²) >= 11 is 0. The van der Waals surface area contributed by atoms with Crippen molar-refractivity contribution in [2.24, 2.45) is 11.8 Å². The van der Waals surface area contributed by atoms with Crippen molar-refractivity contribution in [3.8, 4) is 0 Å². The number of hydrogen-bond donors (Lipinski definition) is 0. The second kappa shape index (κ2) is 6.20. The monoisotopic (exact) mass is 330 g/mol. The van der Waals surface area contributed by atoms with Crippen molar-refractivity contribution >= 4 is 11.9 Å². The molecule has 3 rings (SSSR count). The van der Waals surface area contributed by atoms with Gasteiger partial charge in [-0.3, -0.25) is 4.79 Å². The van der Waals surface area contributed by atoms with E-state index in [0.717, 1.165) is 12.8 Å². The molecule has 4 atom stereocenters. The highest BCUT2D eigenvalue weighted by molar-refractivity contribution is 5.90. The highest BCUT2D eigenvalue weighted by atomic mass is 16.5. The lowest BCUT2D eigenvalue weighted by molar-refractivity contribution is -0.313. The molecule has 3 aliphatic rings. The summed E-state index contributed by atoms with van der Waals surface area (Å²) in [5, 5.41) is 11.4. The zero-order valence-electron chi connectivity index (χ0n) is 14.5. The van der Waals surface area contributed by atoms with E-state index in [-0.39, 0.29) is 5.91 Å². The van der Waals surface area contributed by atoms with Gasteiger partial charge in [0.05, 0.1) is 18.6 Å². The van der Waals surface area contributed by atoms with Crippen LogP contribution < -0.4 is 5.11 Å². The van der Waals surface area contributed by atoms with E-state index in [2.05, 4.69) is 32.9 Å². The van der Waals surface area contributed by atoms with Gasteiger partial charge in [0.1, 0.15) is 5.60 Å². The lowest BCUT2D eigenvalue weighted by Crippen LogP contribution is -2.45. The minimum atomic E-state index is -1.19. The predicted octanol–water partition coefficient (Wildman–Crippen LogP) is 1.21. The molecule has 0 aromatic heterocycles. The van der Waals surface area contributed by atoms with Crippen molar-refractivity contribution in [2.45, 2.75) is 45.3 Å². The number of allylic oxidation sites excluding steroid dienone is 3. The van der Waals surface area contributed by atoms with E-state index in [4.69, 9.17) is 4.74 Å². The topological polar surface area (TPSA) is 69.7 Å². The molecule has 1 amide bonds. The number of amides is 1. The van der Waals surface area contributed by atoms with Crippen LogP contribution in [0.1, 0.15) is 33.6 Å². The summed E-state index contributed by atoms with van der Waals surface area (Å²) in [6.07, 6.45) is 9.31. The third kappa shape index (κ3) is 2.81. The second-order valence-corrected chi connectivity index (χ2v) is 7.31. The van der Waals surface area contributed by atoms with Gasteiger partial charge in [0.15, 0.2) is 0 Å². The molecule has 2 fully saturated rings. The van der Waals surface area contributed by atoms with Crippen molar-refractivity contribution in [3.63, 3.8) is 0 Å². The fraction of sp³-hybridized carbons (Fsp3) is 0.579. The van der Waals surface area contributed by atoms with Crippen molar-refractivity contribution in [3.05, 3.63) is 35.5 Å². The first-order chi connectivity index (χ1) is 11.3. The molecule has 24 heavy (non-hydrogen) atoms. The van der Waals surface area contributed by atoms with Gasteiger partial charge in [0, 0.05) is 18.4 Å². The van der Waals surface area contributed by atoms with E-state index in [9.17, 15) is 14.7 Å². The fourth-order valence-corrected chi connectivity index (χ4v) is 3.96. The van der Waals surface area contributed by atoms with Gasteiger partial charge in [-0.2, -0.15) is 0 Å². The number of carbonyl (C=O) groups is 2. The average molecular weight is 330 g/mol. The van der Waals surface area contributed by atoms with E-state index in [0.29, 0.717) is 13.1 Å². The Hall–Kier alpha value is -1.88. The maximum atomic E-state index is 12.7. The third-order valence-electron chi connectivity index (χ3n) is 5.20. The summed E-state index contributed by atoms with van der Waals surface area (Å²) in [6, 6.07) is 0. The van der Waals surface area contributed by atoms with Crippen LogP contribution in [0.15, 0.2) is 35.5 Å². The summed E-state index contributed by atoms with van der Waals surface area (Å²) < 4.78 is 5.83. The van der Waals surface area contributed by atoms with Crippen LogP contribution in [-0.4, -0.2) is 41.6 Å². The van der Waals surface area contributed by atoms with E-state index in [1.807, 2.05) is 6.08 Å². The predicted molar refractivity (Wildman–Crippen MR) is 87.7 cm³/mol. The Labute approximate surface area is 142 Å². The molecule has 5 heteroatoms. The molecule has 1 spiro atoms. The molecule has 2 bridgehead atoms. The number of hydrogen-bond acceptors (Lipinski definition) is 4. The molecule has 0 unspecified atom stereocenters. The number of likely N-dealkylation sites (tertiary alicyclic amines) is 1. The lowest BCUT2D eigenvalue weighted by Gasteiger charge is -2.24. The number of carboxylic acid groups (broad SMARTS) is 1. The van der Waals surface area contributed by atoms with Gasteiger partial charge in [-0.25, -0.2) is 0 Å². The summed E-state index contributed by atoms with van der Waals surface area (Å²) in [7, 11) is 0. The maximum Gasteiger partial charge on any atom is 0.230 e. The largest absolute Gasteiger partial charge is 0.550 e. The van der Waals surface area contributed by atoms with Gasteiger partial charge >= 0.3 is 0 Å². The summed E-state index contributed by atoms with van der Waals surface area (Å²) in [5.41, 5.74) is 1.76. The van der Waals surface area contributed by atoms with Crippen molar-refractivity contribution < 1.29 is 19.4 Å².